The van der Waals surface area contributed by atoms with Gasteiger partial charge in [-0.2, -0.15) is 0 Å². The Balaban J connectivity index is 0.694. The van der Waals surface area contributed by atoms with E-state index in [0.29, 0.717) is 50.9 Å². The Morgan fingerprint density at radius 3 is 1.95 bits per heavy atom. The topological polar surface area (TPSA) is 38.1 Å². The van der Waals surface area contributed by atoms with Crippen LogP contribution in [0.3, 0.4) is 0 Å². The number of rotatable bonds is 16. The molecular weight excluding hydrogens is 1230 g/mol. The van der Waals surface area contributed by atoms with Crippen LogP contribution in [0.4, 0.5) is 28.9 Å². The van der Waals surface area contributed by atoms with Crippen molar-refractivity contribution in [2.75, 3.05) is 9.80 Å². The van der Waals surface area contributed by atoms with Gasteiger partial charge in [-0.05, 0) is 208 Å². The molecule has 0 fully saturated rings. The Bertz CT molecular complexity index is 4360. The van der Waals surface area contributed by atoms with Crippen LogP contribution in [0.15, 0.2) is 281 Å². The fourth-order valence-corrected chi connectivity index (χ4v) is 21.0. The zero-order valence-electron chi connectivity index (χ0n) is 56.7. The first-order valence-electron chi connectivity index (χ1n) is 37.2. The highest BCUT2D eigenvalue weighted by atomic mass is 19.2. The van der Waals surface area contributed by atoms with Gasteiger partial charge in [0.1, 0.15) is 53.1 Å². The van der Waals surface area contributed by atoms with Crippen LogP contribution in [-0.4, -0.2) is 30.5 Å². The van der Waals surface area contributed by atoms with Gasteiger partial charge in [-0.15, -0.1) is 6.58 Å². The summed E-state index contributed by atoms with van der Waals surface area (Å²) in [6.45, 7) is 7.94. The number of para-hydroxylation sites is 2. The zero-order chi connectivity index (χ0) is 66.9. The van der Waals surface area contributed by atoms with Crippen LogP contribution in [-0.2, 0) is 27.7 Å². The van der Waals surface area contributed by atoms with Crippen LogP contribution in [0.1, 0.15) is 149 Å². The molecule has 13 aliphatic rings. The maximum absolute atomic E-state index is 17.5. The summed E-state index contributed by atoms with van der Waals surface area (Å²) < 4.78 is 90.1. The summed E-state index contributed by atoms with van der Waals surface area (Å²) in [6.07, 6.45) is 56.8. The van der Waals surface area contributed by atoms with Crippen LogP contribution in [0.2, 0.25) is 0 Å². The number of ether oxygens (including phenoxy) is 2. The molecule has 1 aromatic heterocycles. The number of nitrogens with zero attached hydrogens (tertiary/aromatic N) is 2. The minimum Gasteiger partial charge on any atom is -0.491 e. The van der Waals surface area contributed by atoms with Crippen LogP contribution >= 0.6 is 0 Å². The van der Waals surface area contributed by atoms with E-state index in [9.17, 15) is 0 Å². The lowest BCUT2D eigenvalue weighted by molar-refractivity contribution is -0.00321. The molecule has 5 nitrogen and oxygen atoms in total. The molecule has 17 rings (SSSR count). The summed E-state index contributed by atoms with van der Waals surface area (Å²) in [5.41, 5.74) is 11.2. The Kier molecular flexibility index (Phi) is 17.1. The Hall–Kier alpha value is -8.56. The van der Waals surface area contributed by atoms with Crippen LogP contribution in [0.5, 0.6) is 0 Å². The van der Waals surface area contributed by atoms with Crippen molar-refractivity contribution in [2.24, 2.45) is 46.8 Å². The van der Waals surface area contributed by atoms with Crippen molar-refractivity contribution in [3.05, 3.63) is 310 Å². The fourth-order valence-electron chi connectivity index (χ4n) is 21.0. The van der Waals surface area contributed by atoms with E-state index in [1.807, 2.05) is 18.2 Å². The molecule has 99 heavy (non-hydrogen) atoms. The lowest BCUT2D eigenvalue weighted by Gasteiger charge is -2.53. The summed E-state index contributed by atoms with van der Waals surface area (Å²) in [7, 11) is 0. The standard InChI is InChI=1S/C90H90F4N2O3/c1-3-57-29-41-67(42-30-57)97-69-45-33-59(34-46-69)89(87-81(91)25-15-26-82(87)92)77-23-13-11-21-71(77)73-49-37-63(53-79(73)89)95(61-17-7-5-8-18-61)65-39-51-75-76-52-40-66(56-86(76)99-85(75)55-65)96(62-19-9-6-10-20-62)64-38-50-74-72-22-12-14-24-78(72)90(80(74)54-64,88-83(93)27-16-28-84(88)94)60-35-47-70(48-36-60)98-68-43-31-58(4-2)32-44-68/h3-13,17-23,25,27,29,31-33,39-43,45,47,51-54,57,59-60,65-66,68-69,73-74,79-80,84,88H,1-2,14-16,24,26,28,30,34-38,44,46,48-50,55-56H2. The van der Waals surface area contributed by atoms with E-state index in [0.717, 1.165) is 133 Å². The molecule has 4 aromatic rings. The van der Waals surface area contributed by atoms with Crippen molar-refractivity contribution in [3.63, 3.8) is 0 Å². The first-order chi connectivity index (χ1) is 48.6. The Morgan fingerprint density at radius 2 is 1.30 bits per heavy atom. The molecule has 15 unspecified atom stereocenters. The second-order valence-corrected chi connectivity index (χ2v) is 30.0. The molecule has 15 atom stereocenters. The van der Waals surface area contributed by atoms with Gasteiger partial charge in [0.15, 0.2) is 0 Å². The molecule has 0 saturated carbocycles. The highest BCUT2D eigenvalue weighted by Crippen LogP contribution is 2.70. The third-order valence-corrected chi connectivity index (χ3v) is 25.1. The third-order valence-electron chi connectivity index (χ3n) is 25.1. The number of halogens is 4. The number of hydrogen-bond acceptors (Lipinski definition) is 5. The van der Waals surface area contributed by atoms with E-state index in [4.69, 9.17) is 13.9 Å². The number of alkyl halides is 1. The number of anilines is 2. The maximum Gasteiger partial charge on any atom is 0.125 e. The first-order valence-corrected chi connectivity index (χ1v) is 37.2. The fraction of sp³-hybridized carbons (Fsp3) is 0.378. The van der Waals surface area contributed by atoms with Crippen molar-refractivity contribution >= 4 is 23.5 Å². The molecule has 506 valence electrons. The van der Waals surface area contributed by atoms with Crippen LogP contribution in [0.25, 0.3) is 12.2 Å². The monoisotopic (exact) mass is 1320 g/mol. The lowest BCUT2D eigenvalue weighted by atomic mass is 9.51. The normalized spacial score (nSPS) is 33.3. The smallest absolute Gasteiger partial charge is 0.125 e. The summed E-state index contributed by atoms with van der Waals surface area (Å²) in [5.74, 6) is 1.79. The average molecular weight is 1320 g/mol. The highest BCUT2D eigenvalue weighted by Gasteiger charge is 2.64. The van der Waals surface area contributed by atoms with Gasteiger partial charge in [0, 0.05) is 88.3 Å². The third kappa shape index (κ3) is 11.0. The zero-order valence-corrected chi connectivity index (χ0v) is 56.7. The van der Waals surface area contributed by atoms with E-state index in [2.05, 4.69) is 205 Å². The number of furan rings is 1. The number of benzene rings is 3. The Morgan fingerprint density at radius 1 is 0.576 bits per heavy atom. The van der Waals surface area contributed by atoms with E-state index in [1.54, 1.807) is 12.2 Å². The van der Waals surface area contributed by atoms with Crippen LogP contribution < -0.4 is 9.80 Å². The molecule has 1 heterocycles. The molecule has 0 radical (unpaired) electrons. The molecule has 0 aliphatic heterocycles. The maximum atomic E-state index is 17.5. The molecule has 0 N–H and O–H groups in total. The minimum absolute atomic E-state index is 0.0150. The van der Waals surface area contributed by atoms with Gasteiger partial charge in [-0.3, -0.25) is 0 Å². The minimum atomic E-state index is -1.29. The molecule has 0 bridgehead atoms. The van der Waals surface area contributed by atoms with Crippen molar-refractivity contribution < 1.29 is 31.5 Å². The molecule has 0 spiro atoms. The molecule has 13 aliphatic carbocycles. The van der Waals surface area contributed by atoms with Gasteiger partial charge in [-0.1, -0.05) is 164 Å². The summed E-state index contributed by atoms with van der Waals surface area (Å²) in [6, 6.07) is 29.7. The van der Waals surface area contributed by atoms with Crippen molar-refractivity contribution in [3.8, 4) is 0 Å². The van der Waals surface area contributed by atoms with Crippen molar-refractivity contribution in [1.82, 2.24) is 0 Å². The molecule has 9 heteroatoms. The molecular formula is C90H90F4N2O3. The van der Waals surface area contributed by atoms with E-state index < -0.39 is 28.7 Å². The number of hydrogen-bond donors (Lipinski definition) is 0. The predicted octanol–water partition coefficient (Wildman–Crippen LogP) is 22.7. The van der Waals surface area contributed by atoms with Gasteiger partial charge < -0.3 is 23.7 Å². The summed E-state index contributed by atoms with van der Waals surface area (Å²) in [5, 5.41) is 0. The highest BCUT2D eigenvalue weighted by molar-refractivity contribution is 5.74. The Labute approximate surface area is 582 Å². The number of allylic oxidation sites excluding steroid dienone is 24. The van der Waals surface area contributed by atoms with Gasteiger partial charge in [-0.25, -0.2) is 17.6 Å². The first kappa shape index (κ1) is 63.9. The van der Waals surface area contributed by atoms with Crippen LogP contribution in [0, 0.1) is 46.8 Å². The van der Waals surface area contributed by atoms with Gasteiger partial charge in [0.25, 0.3) is 0 Å². The van der Waals surface area contributed by atoms with E-state index >= 15 is 17.6 Å². The number of fused-ring (bicyclic) bond motifs is 8. The SMILES string of the molecule is C=CC1=CCC(OC2=CCC(C3(C4C(F)=CCCC4F)C4=C(C=CCC4)C4CCC(N(c5ccccc5)C5C=Cc6c(oc7c6C=CC(N(C6=CC8C(CC6)c6ccccc6C8(C6=C(F)CCC=C6F)C6C=CC(OC8=CCC(C=C)C=C8)CC6)c6ccccc6)C7)C5)=CC43)CC2)C=C1. The molecule has 0 amide bonds. The summed E-state index contributed by atoms with van der Waals surface area (Å²) in [4.78, 5) is 5.03. The molecule has 3 aromatic carbocycles. The predicted molar refractivity (Wildman–Crippen MR) is 391 cm³/mol. The quantitative estimate of drug-likeness (QED) is 0.0826. The largest absolute Gasteiger partial charge is 0.491 e. The lowest BCUT2D eigenvalue weighted by Crippen LogP contribution is -2.50. The average Bonchev–Trinajstić information content (AvgIpc) is 1.62. The second kappa shape index (κ2) is 26.5. The van der Waals surface area contributed by atoms with Gasteiger partial charge in [0.2, 0.25) is 0 Å². The van der Waals surface area contributed by atoms with Gasteiger partial charge in [0.05, 0.1) is 23.8 Å². The summed E-state index contributed by atoms with van der Waals surface area (Å²) >= 11 is 0. The van der Waals surface area contributed by atoms with E-state index in [1.165, 1.54) is 22.4 Å². The van der Waals surface area contributed by atoms with Crippen molar-refractivity contribution in [1.29, 1.82) is 0 Å². The van der Waals surface area contributed by atoms with E-state index in [-0.39, 0.29) is 83.4 Å². The van der Waals surface area contributed by atoms with Gasteiger partial charge >= 0.3 is 0 Å². The molecule has 0 saturated heterocycles. The second-order valence-electron chi connectivity index (χ2n) is 30.0. The van der Waals surface area contributed by atoms with Crippen molar-refractivity contribution in [2.45, 2.75) is 164 Å².